The Morgan fingerprint density at radius 2 is 0.852 bits per heavy atom. The molecule has 0 aromatic heterocycles. The predicted octanol–water partition coefficient (Wildman–Crippen LogP) is 17.2. The lowest BCUT2D eigenvalue weighted by atomic mass is 9.99. The first kappa shape index (κ1) is 76.6. The standard InChI is InChI=1S/C70H129NO10/c1-4-7-10-13-16-19-22-25-27-29-30-31-32-33-34-35-37-40-43-46-49-52-55-58-65(75)81-68-67(77)66(76)64(59-72)80-70(68)79-60-61(62(73)56-53-50-47-44-41-38-24-21-18-15-12-9-6-3)71-69(78)63(74)57-54-51-48-45-42-39-36-28-26-23-20-17-14-11-8-5-2/h16,19,25-28,53,56,61-64,66-68,70,72-74,76-77H,4-15,17-18,20-24,29-52,54-55,57-60H2,1-3H3,(H,71,78)/b19-16-,27-25-,28-26+,56-53+. The molecule has 0 aromatic carbocycles. The van der Waals surface area contributed by atoms with Crippen molar-refractivity contribution in [1.29, 1.82) is 0 Å². The summed E-state index contributed by atoms with van der Waals surface area (Å²) in [6.45, 7) is 5.80. The molecule has 1 aliphatic rings. The van der Waals surface area contributed by atoms with E-state index in [4.69, 9.17) is 14.2 Å². The summed E-state index contributed by atoms with van der Waals surface area (Å²) >= 11 is 0. The van der Waals surface area contributed by atoms with Crippen LogP contribution in [0.4, 0.5) is 0 Å². The molecule has 1 rings (SSSR count). The average Bonchev–Trinajstić information content (AvgIpc) is 3.53. The zero-order valence-electron chi connectivity index (χ0n) is 52.7. The second-order valence-electron chi connectivity index (χ2n) is 23.9. The third-order valence-corrected chi connectivity index (χ3v) is 16.2. The number of amides is 1. The molecule has 0 radical (unpaired) electrons. The van der Waals surface area contributed by atoms with Crippen LogP contribution in [-0.4, -0.2) is 99.6 Å². The molecule has 1 saturated heterocycles. The van der Waals surface area contributed by atoms with E-state index in [-0.39, 0.29) is 19.4 Å². The largest absolute Gasteiger partial charge is 0.454 e. The van der Waals surface area contributed by atoms with Crippen molar-refractivity contribution in [2.75, 3.05) is 13.2 Å². The van der Waals surface area contributed by atoms with Gasteiger partial charge in [-0.15, -0.1) is 0 Å². The fourth-order valence-corrected chi connectivity index (χ4v) is 10.7. The molecule has 11 nitrogen and oxygen atoms in total. The molecular weight excluding hydrogens is 1010 g/mol. The van der Waals surface area contributed by atoms with Crippen LogP contribution in [0.25, 0.3) is 0 Å². The lowest BCUT2D eigenvalue weighted by molar-refractivity contribution is -0.305. The second kappa shape index (κ2) is 58.0. The molecule has 1 amide bonds. The molecule has 6 N–H and O–H groups in total. The summed E-state index contributed by atoms with van der Waals surface area (Å²) in [7, 11) is 0. The monoisotopic (exact) mass is 1140 g/mol. The minimum Gasteiger partial charge on any atom is -0.454 e. The highest BCUT2D eigenvalue weighted by Gasteiger charge is 2.47. The van der Waals surface area contributed by atoms with Crippen LogP contribution in [0.1, 0.15) is 323 Å². The zero-order valence-corrected chi connectivity index (χ0v) is 52.7. The molecule has 11 heteroatoms. The van der Waals surface area contributed by atoms with E-state index in [2.05, 4.69) is 62.5 Å². The predicted molar refractivity (Wildman–Crippen MR) is 338 cm³/mol. The smallest absolute Gasteiger partial charge is 0.306 e. The van der Waals surface area contributed by atoms with Crippen LogP contribution < -0.4 is 5.32 Å². The summed E-state index contributed by atoms with van der Waals surface area (Å²) in [5.41, 5.74) is 0. The van der Waals surface area contributed by atoms with E-state index in [0.717, 1.165) is 77.0 Å². The molecular formula is C70H129NO10. The van der Waals surface area contributed by atoms with Gasteiger partial charge in [-0.25, -0.2) is 0 Å². The second-order valence-corrected chi connectivity index (χ2v) is 23.9. The Hall–Kier alpha value is -2.38. The van der Waals surface area contributed by atoms with Crippen molar-refractivity contribution in [1.82, 2.24) is 5.32 Å². The Bertz CT molecular complexity index is 1500. The van der Waals surface area contributed by atoms with Gasteiger partial charge >= 0.3 is 5.97 Å². The summed E-state index contributed by atoms with van der Waals surface area (Å²) in [5.74, 6) is -1.19. The maximum Gasteiger partial charge on any atom is 0.306 e. The maximum atomic E-state index is 13.5. The molecule has 0 aromatic rings. The van der Waals surface area contributed by atoms with Crippen molar-refractivity contribution in [3.8, 4) is 0 Å². The van der Waals surface area contributed by atoms with E-state index in [1.165, 1.54) is 199 Å². The molecule has 1 heterocycles. The fraction of sp³-hybridized carbons (Fsp3) is 0.857. The topological polar surface area (TPSA) is 175 Å². The van der Waals surface area contributed by atoms with Crippen LogP contribution in [0.3, 0.4) is 0 Å². The average molecular weight is 1140 g/mol. The Morgan fingerprint density at radius 3 is 1.30 bits per heavy atom. The minimum atomic E-state index is -1.61. The van der Waals surface area contributed by atoms with Crippen molar-refractivity contribution in [2.45, 2.75) is 372 Å². The van der Waals surface area contributed by atoms with Gasteiger partial charge in [-0.1, -0.05) is 281 Å². The normalized spacial score (nSPS) is 18.9. The molecule has 0 bridgehead atoms. The number of rotatable bonds is 59. The number of hydrogen-bond donors (Lipinski definition) is 6. The van der Waals surface area contributed by atoms with Gasteiger partial charge in [0.25, 0.3) is 0 Å². The first-order valence-corrected chi connectivity index (χ1v) is 34.4. The Kier molecular flexibility index (Phi) is 54.9. The van der Waals surface area contributed by atoms with E-state index < -0.39 is 67.4 Å². The van der Waals surface area contributed by atoms with E-state index in [0.29, 0.717) is 12.8 Å². The zero-order chi connectivity index (χ0) is 58.9. The highest BCUT2D eigenvalue weighted by molar-refractivity contribution is 5.80. The number of nitrogens with one attached hydrogen (secondary N) is 1. The van der Waals surface area contributed by atoms with E-state index in [1.54, 1.807) is 6.08 Å². The molecule has 8 atom stereocenters. The molecule has 8 unspecified atom stereocenters. The number of aliphatic hydroxyl groups is 5. The summed E-state index contributed by atoms with van der Waals surface area (Å²) in [4.78, 5) is 26.6. The van der Waals surface area contributed by atoms with E-state index in [1.807, 2.05) is 6.08 Å². The molecule has 0 spiro atoms. The molecule has 1 aliphatic heterocycles. The summed E-state index contributed by atoms with van der Waals surface area (Å²) in [6, 6.07) is -1.03. The first-order valence-electron chi connectivity index (χ1n) is 34.4. The SMILES string of the molecule is CCCCC/C=C\C/C=C\CCCCCCCCCCCCCCCC(=O)OC1C(OCC(NC(=O)C(O)CCCCCCCC/C=C/CCCCCCCC)C(O)/C=C/CCCCCCCCCCCCC)OC(CO)C(O)C1O. The van der Waals surface area contributed by atoms with Gasteiger partial charge in [-0.3, -0.25) is 9.59 Å². The van der Waals surface area contributed by atoms with Gasteiger partial charge in [0.15, 0.2) is 12.4 Å². The maximum absolute atomic E-state index is 13.5. The van der Waals surface area contributed by atoms with Crippen LogP contribution in [0.2, 0.25) is 0 Å². The summed E-state index contributed by atoms with van der Waals surface area (Å²) in [6.07, 6.45) is 61.4. The minimum absolute atomic E-state index is 0.124. The van der Waals surface area contributed by atoms with Crippen LogP contribution >= 0.6 is 0 Å². The van der Waals surface area contributed by atoms with Crippen molar-refractivity contribution in [3.05, 3.63) is 48.6 Å². The number of allylic oxidation sites excluding steroid dienone is 7. The Balaban J connectivity index is 2.60. The van der Waals surface area contributed by atoms with Crippen LogP contribution in [0, 0.1) is 0 Å². The number of esters is 1. The third kappa shape index (κ3) is 45.6. The van der Waals surface area contributed by atoms with Gasteiger partial charge in [0.05, 0.1) is 25.4 Å². The van der Waals surface area contributed by atoms with E-state index in [9.17, 15) is 35.1 Å². The van der Waals surface area contributed by atoms with Gasteiger partial charge in [-0.2, -0.15) is 0 Å². The number of hydrogen-bond acceptors (Lipinski definition) is 10. The molecule has 0 saturated carbocycles. The van der Waals surface area contributed by atoms with Crippen molar-refractivity contribution in [2.24, 2.45) is 0 Å². The van der Waals surface area contributed by atoms with Crippen molar-refractivity contribution >= 4 is 11.9 Å². The first-order chi connectivity index (χ1) is 39.7. The molecule has 474 valence electrons. The lowest BCUT2D eigenvalue weighted by Crippen LogP contribution is -2.61. The Morgan fingerprint density at radius 1 is 0.481 bits per heavy atom. The van der Waals surface area contributed by atoms with Gasteiger partial charge in [0, 0.05) is 6.42 Å². The van der Waals surface area contributed by atoms with Gasteiger partial charge in [0.1, 0.15) is 24.4 Å². The summed E-state index contributed by atoms with van der Waals surface area (Å²) < 4.78 is 17.7. The van der Waals surface area contributed by atoms with E-state index >= 15 is 0 Å². The van der Waals surface area contributed by atoms with Crippen molar-refractivity contribution < 1.29 is 49.3 Å². The van der Waals surface area contributed by atoms with Gasteiger partial charge in [0.2, 0.25) is 5.91 Å². The van der Waals surface area contributed by atoms with Crippen LogP contribution in [-0.2, 0) is 23.8 Å². The quantitative estimate of drug-likeness (QED) is 0.0195. The van der Waals surface area contributed by atoms with Gasteiger partial charge in [-0.05, 0) is 83.5 Å². The Labute approximate surface area is 497 Å². The fourth-order valence-electron chi connectivity index (χ4n) is 10.7. The van der Waals surface area contributed by atoms with Gasteiger partial charge < -0.3 is 45.1 Å². The van der Waals surface area contributed by atoms with Crippen LogP contribution in [0.5, 0.6) is 0 Å². The molecule has 1 fully saturated rings. The third-order valence-electron chi connectivity index (χ3n) is 16.2. The van der Waals surface area contributed by atoms with Crippen molar-refractivity contribution in [3.63, 3.8) is 0 Å². The lowest BCUT2D eigenvalue weighted by Gasteiger charge is -2.41. The molecule has 81 heavy (non-hydrogen) atoms. The number of unbranched alkanes of at least 4 members (excludes halogenated alkanes) is 39. The number of ether oxygens (including phenoxy) is 3. The number of carbonyl (C=O) groups is 2. The highest BCUT2D eigenvalue weighted by atomic mass is 16.7. The van der Waals surface area contributed by atoms with Crippen LogP contribution in [0.15, 0.2) is 48.6 Å². The molecule has 0 aliphatic carbocycles. The highest BCUT2D eigenvalue weighted by Crippen LogP contribution is 2.26. The number of aliphatic hydroxyl groups excluding tert-OH is 5. The number of carbonyl (C=O) groups excluding carboxylic acids is 2. The summed E-state index contributed by atoms with van der Waals surface area (Å²) in [5, 5.41) is 57.2.